The molecule has 0 radical (unpaired) electrons. The Labute approximate surface area is 143 Å². The molecular weight excluding hydrogens is 326 g/mol. The Bertz CT molecular complexity index is 789. The number of nitrogens with zero attached hydrogens (tertiary/aromatic N) is 1. The van der Waals surface area contributed by atoms with E-state index in [1.165, 1.54) is 31.2 Å². The highest BCUT2D eigenvalue weighted by atomic mass is 16.6. The van der Waals surface area contributed by atoms with E-state index in [-0.39, 0.29) is 5.69 Å². The monoisotopic (exact) mass is 343 g/mol. The summed E-state index contributed by atoms with van der Waals surface area (Å²) in [6.45, 7) is 3.35. The summed E-state index contributed by atoms with van der Waals surface area (Å²) in [6.07, 6.45) is -0.903. The second-order valence-electron chi connectivity index (χ2n) is 5.32. The molecule has 25 heavy (non-hydrogen) atoms. The first-order valence-corrected chi connectivity index (χ1v) is 7.45. The van der Waals surface area contributed by atoms with Crippen molar-refractivity contribution in [2.75, 3.05) is 0 Å². The molecule has 1 unspecified atom stereocenters. The Morgan fingerprint density at radius 2 is 1.80 bits per heavy atom. The maximum atomic E-state index is 12.0. The lowest BCUT2D eigenvalue weighted by Crippen LogP contribution is -2.47. The molecule has 0 saturated carbocycles. The standard InChI is InChI=1S/C17H17N3O5/c1-11-4-3-5-13(10-11)17(22)19-18-16(21)12(2)25-15-8-6-14(7-9-15)20(23)24/h3-10,12H,1-2H3,(H,18,21)(H,19,22). The van der Waals surface area contributed by atoms with E-state index in [0.29, 0.717) is 11.3 Å². The molecular formula is C17H17N3O5. The number of nitrogens with one attached hydrogen (secondary N) is 2. The summed E-state index contributed by atoms with van der Waals surface area (Å²) in [5, 5.41) is 10.6. The molecule has 2 aromatic rings. The lowest BCUT2D eigenvalue weighted by molar-refractivity contribution is -0.384. The zero-order chi connectivity index (χ0) is 18.4. The van der Waals surface area contributed by atoms with Gasteiger partial charge < -0.3 is 4.74 Å². The number of nitro benzene ring substituents is 1. The molecule has 0 aliphatic heterocycles. The number of aryl methyl sites for hydroxylation is 1. The van der Waals surface area contributed by atoms with Gasteiger partial charge >= 0.3 is 0 Å². The molecule has 0 aromatic heterocycles. The van der Waals surface area contributed by atoms with Gasteiger partial charge in [-0.15, -0.1) is 0 Å². The van der Waals surface area contributed by atoms with Crippen LogP contribution < -0.4 is 15.6 Å². The van der Waals surface area contributed by atoms with Gasteiger partial charge in [0.25, 0.3) is 17.5 Å². The summed E-state index contributed by atoms with van der Waals surface area (Å²) >= 11 is 0. The normalized spacial score (nSPS) is 11.3. The van der Waals surface area contributed by atoms with Crippen LogP contribution in [-0.2, 0) is 4.79 Å². The van der Waals surface area contributed by atoms with Gasteiger partial charge in [0, 0.05) is 17.7 Å². The van der Waals surface area contributed by atoms with Crippen molar-refractivity contribution < 1.29 is 19.2 Å². The molecule has 0 fully saturated rings. The van der Waals surface area contributed by atoms with Gasteiger partial charge in [0.15, 0.2) is 6.10 Å². The minimum atomic E-state index is -0.903. The second kappa shape index (κ2) is 7.91. The van der Waals surface area contributed by atoms with Crippen molar-refractivity contribution in [3.05, 3.63) is 69.8 Å². The van der Waals surface area contributed by atoms with E-state index >= 15 is 0 Å². The molecule has 2 aromatic carbocycles. The van der Waals surface area contributed by atoms with Crippen LogP contribution in [0.25, 0.3) is 0 Å². The van der Waals surface area contributed by atoms with Gasteiger partial charge in [-0.25, -0.2) is 0 Å². The van der Waals surface area contributed by atoms with Crippen molar-refractivity contribution in [3.8, 4) is 5.75 Å². The molecule has 0 saturated heterocycles. The van der Waals surface area contributed by atoms with Crippen LogP contribution >= 0.6 is 0 Å². The fourth-order valence-electron chi connectivity index (χ4n) is 1.98. The number of hydrazine groups is 1. The number of carbonyl (C=O) groups is 2. The Balaban J connectivity index is 1.87. The van der Waals surface area contributed by atoms with E-state index in [1.807, 2.05) is 13.0 Å². The number of hydrogen-bond acceptors (Lipinski definition) is 5. The van der Waals surface area contributed by atoms with E-state index in [0.717, 1.165) is 5.56 Å². The Morgan fingerprint density at radius 3 is 2.40 bits per heavy atom. The zero-order valence-electron chi connectivity index (χ0n) is 13.7. The average Bonchev–Trinajstić information content (AvgIpc) is 2.59. The highest BCUT2D eigenvalue weighted by molar-refractivity contribution is 5.95. The Hall–Kier alpha value is -3.42. The maximum Gasteiger partial charge on any atom is 0.279 e. The van der Waals surface area contributed by atoms with Crippen molar-refractivity contribution in [3.63, 3.8) is 0 Å². The van der Waals surface area contributed by atoms with E-state index in [9.17, 15) is 19.7 Å². The maximum absolute atomic E-state index is 12.0. The number of ether oxygens (including phenoxy) is 1. The van der Waals surface area contributed by atoms with Gasteiger partial charge in [0.1, 0.15) is 5.75 Å². The van der Waals surface area contributed by atoms with Crippen LogP contribution in [0, 0.1) is 17.0 Å². The fourth-order valence-corrected chi connectivity index (χ4v) is 1.98. The molecule has 2 N–H and O–H groups in total. The van der Waals surface area contributed by atoms with Crippen molar-refractivity contribution >= 4 is 17.5 Å². The van der Waals surface area contributed by atoms with E-state index in [4.69, 9.17) is 4.74 Å². The molecule has 0 aliphatic rings. The third-order valence-electron chi connectivity index (χ3n) is 3.31. The number of benzene rings is 2. The van der Waals surface area contributed by atoms with Crippen LogP contribution in [0.1, 0.15) is 22.8 Å². The average molecular weight is 343 g/mol. The van der Waals surface area contributed by atoms with E-state index < -0.39 is 22.8 Å². The lowest BCUT2D eigenvalue weighted by atomic mass is 10.1. The molecule has 130 valence electrons. The topological polar surface area (TPSA) is 111 Å². The van der Waals surface area contributed by atoms with Crippen LogP contribution in [0.15, 0.2) is 48.5 Å². The lowest BCUT2D eigenvalue weighted by Gasteiger charge is -2.15. The number of non-ortho nitro benzene ring substituents is 1. The predicted octanol–water partition coefficient (Wildman–Crippen LogP) is 2.13. The van der Waals surface area contributed by atoms with Crippen LogP contribution in [0.3, 0.4) is 0 Å². The Morgan fingerprint density at radius 1 is 1.12 bits per heavy atom. The highest BCUT2D eigenvalue weighted by Gasteiger charge is 2.16. The minimum Gasteiger partial charge on any atom is -0.481 e. The summed E-state index contributed by atoms with van der Waals surface area (Å²) in [4.78, 5) is 34.0. The number of hydrogen-bond donors (Lipinski definition) is 2. The van der Waals surface area contributed by atoms with Crippen LogP contribution in [0.2, 0.25) is 0 Å². The molecule has 0 bridgehead atoms. The van der Waals surface area contributed by atoms with Crippen LogP contribution in [-0.4, -0.2) is 22.8 Å². The molecule has 0 aliphatic carbocycles. The molecule has 1 atom stereocenters. The predicted molar refractivity (Wildman–Crippen MR) is 90.0 cm³/mol. The number of nitro groups is 1. The van der Waals surface area contributed by atoms with Gasteiger partial charge in [-0.05, 0) is 38.1 Å². The Kier molecular flexibility index (Phi) is 5.67. The van der Waals surface area contributed by atoms with Crippen molar-refractivity contribution in [2.24, 2.45) is 0 Å². The summed E-state index contributed by atoms with van der Waals surface area (Å²) in [6, 6.07) is 12.3. The third-order valence-corrected chi connectivity index (χ3v) is 3.31. The molecule has 8 nitrogen and oxygen atoms in total. The first kappa shape index (κ1) is 17.9. The van der Waals surface area contributed by atoms with Gasteiger partial charge in [-0.2, -0.15) is 0 Å². The molecule has 2 rings (SSSR count). The van der Waals surface area contributed by atoms with Gasteiger partial charge in [-0.3, -0.25) is 30.6 Å². The molecule has 0 spiro atoms. The summed E-state index contributed by atoms with van der Waals surface area (Å²) < 4.78 is 5.38. The van der Waals surface area contributed by atoms with Crippen LogP contribution in [0.4, 0.5) is 5.69 Å². The van der Waals surface area contributed by atoms with Crippen LogP contribution in [0.5, 0.6) is 5.75 Å². The quantitative estimate of drug-likeness (QED) is 0.638. The summed E-state index contributed by atoms with van der Waals surface area (Å²) in [5.74, 6) is -0.697. The van der Waals surface area contributed by atoms with E-state index in [1.54, 1.807) is 18.2 Å². The highest BCUT2D eigenvalue weighted by Crippen LogP contribution is 2.18. The molecule has 2 amide bonds. The van der Waals surface area contributed by atoms with Gasteiger partial charge in [-0.1, -0.05) is 17.7 Å². The van der Waals surface area contributed by atoms with Gasteiger partial charge in [0.05, 0.1) is 4.92 Å². The largest absolute Gasteiger partial charge is 0.481 e. The first-order valence-electron chi connectivity index (χ1n) is 7.45. The minimum absolute atomic E-state index is 0.0742. The van der Waals surface area contributed by atoms with E-state index in [2.05, 4.69) is 10.9 Å². The number of carbonyl (C=O) groups excluding carboxylic acids is 2. The second-order valence-corrected chi connectivity index (χ2v) is 5.32. The zero-order valence-corrected chi connectivity index (χ0v) is 13.7. The summed E-state index contributed by atoms with van der Waals surface area (Å²) in [7, 11) is 0. The smallest absolute Gasteiger partial charge is 0.279 e. The summed E-state index contributed by atoms with van der Waals surface area (Å²) in [5.41, 5.74) is 5.86. The number of rotatable bonds is 5. The van der Waals surface area contributed by atoms with Crippen molar-refractivity contribution in [2.45, 2.75) is 20.0 Å². The molecule has 8 heteroatoms. The van der Waals surface area contributed by atoms with Crippen molar-refractivity contribution in [1.29, 1.82) is 0 Å². The number of amides is 2. The van der Waals surface area contributed by atoms with Crippen molar-refractivity contribution in [1.82, 2.24) is 10.9 Å². The third kappa shape index (κ3) is 5.03. The SMILES string of the molecule is Cc1cccc(C(=O)NNC(=O)C(C)Oc2ccc([N+](=O)[O-])cc2)c1. The fraction of sp³-hybridized carbons (Fsp3) is 0.176. The molecule has 0 heterocycles. The van der Waals surface area contributed by atoms with Gasteiger partial charge in [0.2, 0.25) is 0 Å². The first-order chi connectivity index (χ1) is 11.9.